The zero-order valence-corrected chi connectivity index (χ0v) is 21.0. The number of hydrogen-bond donors (Lipinski definition) is 0. The van der Waals surface area contributed by atoms with Crippen molar-refractivity contribution in [1.29, 1.82) is 0 Å². The summed E-state index contributed by atoms with van der Waals surface area (Å²) in [6.45, 7) is 0. The van der Waals surface area contributed by atoms with E-state index in [4.69, 9.17) is 4.42 Å². The highest BCUT2D eigenvalue weighted by molar-refractivity contribution is 6.21. The molecule has 0 aliphatic carbocycles. The number of furan rings is 1. The van der Waals surface area contributed by atoms with Crippen molar-refractivity contribution < 1.29 is 9.90 Å². The van der Waals surface area contributed by atoms with E-state index in [1.807, 2.05) is 97.1 Å². The second-order valence-corrected chi connectivity index (χ2v) is 9.77. The van der Waals surface area contributed by atoms with Crippen LogP contribution in [0.3, 0.4) is 0 Å². The summed E-state index contributed by atoms with van der Waals surface area (Å²) in [5, 5.41) is 5.60. The first-order valence-electron chi connectivity index (χ1n) is 15.0. The van der Waals surface area contributed by atoms with Crippen LogP contribution in [-0.4, -0.2) is 0 Å². The molecule has 0 N–H and O–H groups in total. The van der Waals surface area contributed by atoms with Crippen LogP contribution >= 0.6 is 0 Å². The van der Waals surface area contributed by atoms with Gasteiger partial charge in [0.25, 0.3) is 0 Å². The molecule has 0 saturated heterocycles. The molecule has 8 rings (SSSR count). The minimum Gasteiger partial charge on any atom is -0.456 e. The molecule has 0 bridgehead atoms. The highest BCUT2D eigenvalue weighted by atomic mass is 16.3. The van der Waals surface area contributed by atoms with Crippen LogP contribution in [0.5, 0.6) is 0 Å². The van der Waals surface area contributed by atoms with Crippen LogP contribution in [-0.2, 0) is 0 Å². The van der Waals surface area contributed by atoms with Gasteiger partial charge in [-0.2, -0.15) is 0 Å². The molecule has 7 aromatic carbocycles. The monoisotopic (exact) mass is 500 g/mol. The summed E-state index contributed by atoms with van der Waals surface area (Å²) in [7, 11) is 0. The van der Waals surface area contributed by atoms with Gasteiger partial charge in [-0.25, -0.2) is 0 Å². The molecule has 0 amide bonds. The molecule has 1 heterocycles. The molecule has 182 valence electrons. The van der Waals surface area contributed by atoms with Gasteiger partial charge in [0.2, 0.25) is 0 Å². The van der Waals surface area contributed by atoms with Gasteiger partial charge in [-0.3, -0.25) is 0 Å². The Kier molecular flexibility index (Phi) is 4.06. The Labute approximate surface area is 232 Å². The Morgan fingerprint density at radius 1 is 0.359 bits per heavy atom. The van der Waals surface area contributed by atoms with E-state index in [1.54, 1.807) is 0 Å². The van der Waals surface area contributed by atoms with Gasteiger partial charge >= 0.3 is 0 Å². The molecule has 0 unspecified atom stereocenters. The van der Waals surface area contributed by atoms with Crippen molar-refractivity contribution in [3.63, 3.8) is 0 Å². The molecule has 0 fully saturated rings. The Morgan fingerprint density at radius 3 is 1.49 bits per heavy atom. The minimum atomic E-state index is -0.0663. The predicted octanol–water partition coefficient (Wildman–Crippen LogP) is 10.9. The molecule has 0 atom stereocenters. The minimum absolute atomic E-state index is 0.0593. The van der Waals surface area contributed by atoms with Crippen molar-refractivity contribution in [1.82, 2.24) is 0 Å². The lowest BCUT2D eigenvalue weighted by molar-refractivity contribution is 0.669. The zero-order chi connectivity index (χ0) is 29.2. The van der Waals surface area contributed by atoms with E-state index in [0.717, 1.165) is 49.0 Å². The Bertz CT molecular complexity index is 2300. The molecule has 1 heteroatoms. The van der Waals surface area contributed by atoms with Crippen molar-refractivity contribution in [3.05, 3.63) is 145 Å². The van der Waals surface area contributed by atoms with Crippen LogP contribution < -0.4 is 0 Å². The van der Waals surface area contributed by atoms with Crippen LogP contribution in [0, 0.1) is 0 Å². The fraction of sp³-hybridized carbons (Fsp3) is 0. The number of hydrogen-bond acceptors (Lipinski definition) is 1. The molecule has 0 spiro atoms. The Morgan fingerprint density at radius 2 is 0.846 bits per heavy atom. The zero-order valence-electron chi connectivity index (χ0n) is 25.0. The molecule has 0 saturated carbocycles. The van der Waals surface area contributed by atoms with Gasteiger partial charge in [0, 0.05) is 10.8 Å². The average molecular weight is 501 g/mol. The third-order valence-electron chi connectivity index (χ3n) is 7.53. The number of fused-ring (bicyclic) bond motifs is 5. The van der Waals surface area contributed by atoms with Crippen LogP contribution in [0.1, 0.15) is 5.48 Å². The fourth-order valence-corrected chi connectivity index (χ4v) is 5.78. The number of rotatable bonds is 3. The maximum absolute atomic E-state index is 9.28. The average Bonchev–Trinajstić information content (AvgIpc) is 3.42. The normalized spacial score (nSPS) is 13.0. The van der Waals surface area contributed by atoms with Crippen molar-refractivity contribution in [3.8, 4) is 33.4 Å². The lowest BCUT2D eigenvalue weighted by Gasteiger charge is -2.18. The van der Waals surface area contributed by atoms with Crippen molar-refractivity contribution in [2.75, 3.05) is 0 Å². The van der Waals surface area contributed by atoms with Gasteiger partial charge in [-0.1, -0.05) is 127 Å². The predicted molar refractivity (Wildman–Crippen MR) is 165 cm³/mol. The second kappa shape index (κ2) is 8.72. The van der Waals surface area contributed by atoms with E-state index >= 15 is 0 Å². The summed E-state index contributed by atoms with van der Waals surface area (Å²) < 4.78 is 42.9. The van der Waals surface area contributed by atoms with E-state index in [0.29, 0.717) is 22.3 Å². The van der Waals surface area contributed by atoms with E-state index in [2.05, 4.69) is 24.3 Å². The van der Waals surface area contributed by atoms with Crippen LogP contribution in [0.25, 0.3) is 76.9 Å². The van der Waals surface area contributed by atoms with Gasteiger partial charge < -0.3 is 4.42 Å². The summed E-state index contributed by atoms with van der Waals surface area (Å²) in [6, 6.07) is 39.4. The largest absolute Gasteiger partial charge is 0.456 e. The Balaban J connectivity index is 1.43. The third kappa shape index (κ3) is 3.48. The Hall–Kier alpha value is -5.14. The highest BCUT2D eigenvalue weighted by Crippen LogP contribution is 2.44. The molecule has 1 nitrogen and oxygen atoms in total. The van der Waals surface area contributed by atoms with Crippen molar-refractivity contribution in [2.24, 2.45) is 0 Å². The first-order chi connectivity index (χ1) is 21.0. The smallest absolute Gasteiger partial charge is 0.135 e. The SMILES string of the molecule is [2H]c1c([2H])c(-c2c3ccccc3c(-c3ccccc3)c3ccccc23)c([2H])c([2H])c1-c1ccc2oc3ccccc3c2c1. The van der Waals surface area contributed by atoms with E-state index in [9.17, 15) is 5.48 Å². The summed E-state index contributed by atoms with van der Waals surface area (Å²) in [5.41, 5.74) is 5.57. The van der Waals surface area contributed by atoms with Crippen molar-refractivity contribution in [2.45, 2.75) is 0 Å². The van der Waals surface area contributed by atoms with Gasteiger partial charge in [-0.15, -0.1) is 0 Å². The first kappa shape index (κ1) is 18.2. The molecule has 39 heavy (non-hydrogen) atoms. The second-order valence-electron chi connectivity index (χ2n) is 9.77. The molecule has 1 aromatic heterocycles. The highest BCUT2D eigenvalue weighted by Gasteiger charge is 2.16. The molecule has 0 aliphatic rings. The van der Waals surface area contributed by atoms with Crippen molar-refractivity contribution >= 4 is 43.5 Å². The van der Waals surface area contributed by atoms with Gasteiger partial charge in [0.15, 0.2) is 0 Å². The molecule has 0 radical (unpaired) electrons. The maximum Gasteiger partial charge on any atom is 0.135 e. The lowest BCUT2D eigenvalue weighted by Crippen LogP contribution is -1.90. The summed E-state index contributed by atoms with van der Waals surface area (Å²) in [5.74, 6) is 0. The first-order valence-corrected chi connectivity index (χ1v) is 13.0. The third-order valence-corrected chi connectivity index (χ3v) is 7.53. The summed E-state index contributed by atoms with van der Waals surface area (Å²) >= 11 is 0. The molecular weight excluding hydrogens is 472 g/mol. The van der Waals surface area contributed by atoms with Crippen LogP contribution in [0.4, 0.5) is 0 Å². The summed E-state index contributed by atoms with van der Waals surface area (Å²) in [6.07, 6.45) is 0. The summed E-state index contributed by atoms with van der Waals surface area (Å²) in [4.78, 5) is 0. The lowest BCUT2D eigenvalue weighted by atomic mass is 9.86. The quantitative estimate of drug-likeness (QED) is 0.220. The fourth-order valence-electron chi connectivity index (χ4n) is 5.78. The van der Waals surface area contributed by atoms with E-state index < -0.39 is 0 Å². The van der Waals surface area contributed by atoms with E-state index in [1.165, 1.54) is 0 Å². The number of benzene rings is 7. The van der Waals surface area contributed by atoms with Gasteiger partial charge in [0.1, 0.15) is 11.2 Å². The van der Waals surface area contributed by atoms with Crippen LogP contribution in [0.2, 0.25) is 0 Å². The molecule has 0 aliphatic heterocycles. The standard InChI is InChI=1S/C38H24O/c1-2-10-26(11-3-1)37-30-13-4-6-15-32(30)38(33-16-7-5-14-31(33)37)27-20-18-25(19-21-27)28-22-23-36-34(24-28)29-12-8-9-17-35(29)39-36/h1-24H/i18D,19D,20D,21D. The van der Waals surface area contributed by atoms with Gasteiger partial charge in [0.05, 0.1) is 5.48 Å². The topological polar surface area (TPSA) is 13.1 Å². The van der Waals surface area contributed by atoms with Crippen LogP contribution in [0.15, 0.2) is 150 Å². The number of para-hydroxylation sites is 1. The van der Waals surface area contributed by atoms with Gasteiger partial charge in [-0.05, 0) is 73.1 Å². The maximum atomic E-state index is 9.28. The molecular formula is C38H24O. The molecule has 8 aromatic rings. The van der Waals surface area contributed by atoms with E-state index in [-0.39, 0.29) is 29.7 Å².